The first-order chi connectivity index (χ1) is 9.11. The van der Waals surface area contributed by atoms with Crippen LogP contribution in [0.2, 0.25) is 0 Å². The number of carboxylic acids is 1. The number of thiazole rings is 1. The van der Waals surface area contributed by atoms with Crippen LogP contribution in [0.15, 0.2) is 24.3 Å². The van der Waals surface area contributed by atoms with Gasteiger partial charge in [0, 0.05) is 12.2 Å². The van der Waals surface area contributed by atoms with E-state index in [-0.39, 0.29) is 0 Å². The quantitative estimate of drug-likeness (QED) is 0.910. The Bertz CT molecular complexity index is 575. The van der Waals surface area contributed by atoms with Crippen molar-refractivity contribution in [1.29, 1.82) is 0 Å². The Morgan fingerprint density at radius 1 is 1.37 bits per heavy atom. The highest BCUT2D eigenvalue weighted by molar-refractivity contribution is 7.17. The molecule has 19 heavy (non-hydrogen) atoms. The first-order valence-electron chi connectivity index (χ1n) is 5.99. The van der Waals surface area contributed by atoms with Crippen LogP contribution in [0.25, 0.3) is 10.6 Å². The van der Waals surface area contributed by atoms with Gasteiger partial charge in [0.25, 0.3) is 0 Å². The van der Waals surface area contributed by atoms with E-state index in [4.69, 9.17) is 9.84 Å². The summed E-state index contributed by atoms with van der Waals surface area (Å²) in [6.45, 7) is 4.95. The Morgan fingerprint density at radius 3 is 2.58 bits per heavy atom. The summed E-state index contributed by atoms with van der Waals surface area (Å²) in [4.78, 5) is 15.6. The van der Waals surface area contributed by atoms with Crippen molar-refractivity contribution in [2.45, 2.75) is 20.5 Å². The molecular formula is C14H15NO3S. The average molecular weight is 277 g/mol. The number of nitrogens with zero attached hydrogens (tertiary/aromatic N) is 1. The third-order valence-corrected chi connectivity index (χ3v) is 3.86. The van der Waals surface area contributed by atoms with Gasteiger partial charge in [-0.15, -0.1) is 11.3 Å². The van der Waals surface area contributed by atoms with Crippen LogP contribution in [0.3, 0.4) is 0 Å². The molecule has 2 rings (SSSR count). The van der Waals surface area contributed by atoms with E-state index < -0.39 is 5.97 Å². The number of ether oxygens (including phenoxy) is 1. The number of rotatable bonds is 5. The zero-order chi connectivity index (χ0) is 13.8. The molecule has 0 radical (unpaired) electrons. The molecule has 5 heteroatoms. The summed E-state index contributed by atoms with van der Waals surface area (Å²) in [5.41, 5.74) is 2.59. The fourth-order valence-corrected chi connectivity index (χ4v) is 2.59. The lowest BCUT2D eigenvalue weighted by molar-refractivity contribution is 0.0701. The van der Waals surface area contributed by atoms with Gasteiger partial charge in [-0.3, -0.25) is 0 Å². The zero-order valence-corrected chi connectivity index (χ0v) is 11.7. The van der Waals surface area contributed by atoms with E-state index >= 15 is 0 Å². The molecular weight excluding hydrogens is 262 g/mol. The molecule has 100 valence electrons. The maximum absolute atomic E-state index is 11.0. The molecule has 0 aliphatic rings. The fourth-order valence-electron chi connectivity index (χ4n) is 1.68. The number of hydrogen-bond acceptors (Lipinski definition) is 4. The highest BCUT2D eigenvalue weighted by atomic mass is 32.1. The Morgan fingerprint density at radius 2 is 2.05 bits per heavy atom. The fraction of sp³-hybridized carbons (Fsp3) is 0.286. The topological polar surface area (TPSA) is 59.4 Å². The number of aromatic nitrogens is 1. The Kier molecular flexibility index (Phi) is 4.29. The molecule has 0 saturated heterocycles. The number of hydrogen-bond donors (Lipinski definition) is 1. The summed E-state index contributed by atoms with van der Waals surface area (Å²) in [7, 11) is 0. The smallest absolute Gasteiger partial charge is 0.347 e. The molecule has 0 amide bonds. The van der Waals surface area contributed by atoms with Crippen molar-refractivity contribution in [1.82, 2.24) is 4.98 Å². The Labute approximate surface area is 115 Å². The van der Waals surface area contributed by atoms with Gasteiger partial charge in [0.15, 0.2) is 0 Å². The largest absolute Gasteiger partial charge is 0.477 e. The van der Waals surface area contributed by atoms with Crippen molar-refractivity contribution in [2.75, 3.05) is 6.61 Å². The summed E-state index contributed by atoms with van der Waals surface area (Å²) < 4.78 is 5.33. The van der Waals surface area contributed by atoms with Gasteiger partial charge >= 0.3 is 5.97 Å². The molecule has 2 aromatic rings. The third-order valence-electron chi connectivity index (χ3n) is 2.66. The second-order valence-corrected chi connectivity index (χ2v) is 5.07. The molecule has 0 spiro atoms. The summed E-state index contributed by atoms with van der Waals surface area (Å²) >= 11 is 1.20. The molecule has 0 bridgehead atoms. The van der Waals surface area contributed by atoms with Crippen molar-refractivity contribution in [3.63, 3.8) is 0 Å². The molecule has 1 aromatic carbocycles. The lowest BCUT2D eigenvalue weighted by Gasteiger charge is -2.02. The minimum Gasteiger partial charge on any atom is -0.477 e. The van der Waals surface area contributed by atoms with Crippen LogP contribution in [0.1, 0.15) is 27.9 Å². The van der Waals surface area contributed by atoms with Gasteiger partial charge in [0.2, 0.25) is 0 Å². The van der Waals surface area contributed by atoms with E-state index in [1.165, 1.54) is 11.3 Å². The molecule has 0 aliphatic carbocycles. The van der Waals surface area contributed by atoms with E-state index in [0.29, 0.717) is 23.8 Å². The Hall–Kier alpha value is -1.72. The summed E-state index contributed by atoms with van der Waals surface area (Å²) in [5, 5.41) is 9.76. The van der Waals surface area contributed by atoms with Gasteiger partial charge in [-0.1, -0.05) is 24.3 Å². The lowest BCUT2D eigenvalue weighted by atomic mass is 10.1. The van der Waals surface area contributed by atoms with E-state index in [0.717, 1.165) is 16.1 Å². The van der Waals surface area contributed by atoms with Crippen LogP contribution < -0.4 is 0 Å². The minimum absolute atomic E-state index is 0.299. The van der Waals surface area contributed by atoms with Crippen LogP contribution in [-0.2, 0) is 11.3 Å². The average Bonchev–Trinajstić information content (AvgIpc) is 2.79. The summed E-state index contributed by atoms with van der Waals surface area (Å²) in [6.07, 6.45) is 0. The van der Waals surface area contributed by atoms with E-state index in [9.17, 15) is 4.79 Å². The maximum atomic E-state index is 11.0. The third kappa shape index (κ3) is 3.19. The maximum Gasteiger partial charge on any atom is 0.347 e. The van der Waals surface area contributed by atoms with Crippen LogP contribution in [0.5, 0.6) is 0 Å². The molecule has 0 fully saturated rings. The predicted molar refractivity (Wildman–Crippen MR) is 74.6 cm³/mol. The van der Waals surface area contributed by atoms with Gasteiger partial charge in [-0.2, -0.15) is 0 Å². The second-order valence-electron chi connectivity index (χ2n) is 4.07. The van der Waals surface area contributed by atoms with Gasteiger partial charge < -0.3 is 9.84 Å². The van der Waals surface area contributed by atoms with E-state index in [2.05, 4.69) is 4.98 Å². The standard InChI is InChI=1S/C14H15NO3S/c1-3-18-8-10-4-6-11(7-5-10)13-15-9(2)12(19-13)14(16)17/h4-7H,3,8H2,1-2H3,(H,16,17). The number of benzene rings is 1. The number of carboxylic acid groups (broad SMARTS) is 1. The number of aromatic carboxylic acids is 1. The van der Waals surface area contributed by atoms with E-state index in [1.807, 2.05) is 31.2 Å². The highest BCUT2D eigenvalue weighted by Gasteiger charge is 2.14. The van der Waals surface area contributed by atoms with Gasteiger partial charge in [-0.05, 0) is 19.4 Å². The first-order valence-corrected chi connectivity index (χ1v) is 6.81. The SMILES string of the molecule is CCOCc1ccc(-c2nc(C)c(C(=O)O)s2)cc1. The molecule has 1 N–H and O–H groups in total. The predicted octanol–water partition coefficient (Wildman–Crippen LogP) is 3.35. The van der Waals surface area contributed by atoms with Gasteiger partial charge in [0.1, 0.15) is 9.88 Å². The van der Waals surface area contributed by atoms with Crippen LogP contribution in [-0.4, -0.2) is 22.7 Å². The van der Waals surface area contributed by atoms with Crippen LogP contribution >= 0.6 is 11.3 Å². The van der Waals surface area contributed by atoms with E-state index in [1.54, 1.807) is 6.92 Å². The Balaban J connectivity index is 2.22. The molecule has 0 saturated carbocycles. The van der Waals surface area contributed by atoms with Crippen molar-refractivity contribution in [3.8, 4) is 10.6 Å². The van der Waals surface area contributed by atoms with Crippen molar-refractivity contribution < 1.29 is 14.6 Å². The summed E-state index contributed by atoms with van der Waals surface area (Å²) in [6, 6.07) is 7.83. The van der Waals surface area contributed by atoms with Crippen molar-refractivity contribution in [3.05, 3.63) is 40.4 Å². The number of carbonyl (C=O) groups is 1. The molecule has 1 heterocycles. The van der Waals surface area contributed by atoms with Crippen LogP contribution in [0, 0.1) is 6.92 Å². The van der Waals surface area contributed by atoms with Crippen LogP contribution in [0.4, 0.5) is 0 Å². The molecule has 0 aliphatic heterocycles. The second kappa shape index (κ2) is 5.95. The highest BCUT2D eigenvalue weighted by Crippen LogP contribution is 2.28. The molecule has 0 unspecified atom stereocenters. The normalized spacial score (nSPS) is 10.6. The zero-order valence-electron chi connectivity index (χ0n) is 10.8. The molecule has 1 aromatic heterocycles. The lowest BCUT2D eigenvalue weighted by Crippen LogP contribution is -1.94. The van der Waals surface area contributed by atoms with Gasteiger partial charge in [-0.25, -0.2) is 9.78 Å². The molecule has 0 atom stereocenters. The monoisotopic (exact) mass is 277 g/mol. The minimum atomic E-state index is -0.922. The van der Waals surface area contributed by atoms with Gasteiger partial charge in [0.05, 0.1) is 12.3 Å². The summed E-state index contributed by atoms with van der Waals surface area (Å²) in [5.74, 6) is -0.922. The number of aryl methyl sites for hydroxylation is 1. The van der Waals surface area contributed by atoms with Crippen molar-refractivity contribution in [2.24, 2.45) is 0 Å². The first kappa shape index (κ1) is 13.7. The van der Waals surface area contributed by atoms with Crippen molar-refractivity contribution >= 4 is 17.3 Å². The molecule has 4 nitrogen and oxygen atoms in total.